The van der Waals surface area contributed by atoms with E-state index in [1.165, 1.54) is 12.8 Å². The summed E-state index contributed by atoms with van der Waals surface area (Å²) in [6.45, 7) is 2.89. The highest BCUT2D eigenvalue weighted by Crippen LogP contribution is 2.37. The monoisotopic (exact) mass is 284 g/mol. The highest BCUT2D eigenvalue weighted by atomic mass is 79.9. The minimum Gasteiger partial charge on any atom is -0.340 e. The van der Waals surface area contributed by atoms with Crippen molar-refractivity contribution in [1.29, 1.82) is 0 Å². The van der Waals surface area contributed by atoms with E-state index in [-0.39, 0.29) is 5.91 Å². The van der Waals surface area contributed by atoms with Crippen LogP contribution in [0.5, 0.6) is 0 Å². The van der Waals surface area contributed by atoms with E-state index < -0.39 is 0 Å². The number of aromatic nitrogens is 1. The van der Waals surface area contributed by atoms with Gasteiger partial charge >= 0.3 is 0 Å². The van der Waals surface area contributed by atoms with Crippen molar-refractivity contribution in [3.63, 3.8) is 0 Å². The molecule has 1 aliphatic rings. The average Bonchev–Trinajstić information content (AvgIpc) is 3.01. The third-order valence-corrected chi connectivity index (χ3v) is 3.31. The van der Waals surface area contributed by atoms with Crippen LogP contribution >= 0.6 is 15.9 Å². The summed E-state index contributed by atoms with van der Waals surface area (Å²) >= 11 is 3.44. The first-order valence-corrected chi connectivity index (χ1v) is 6.55. The van der Waals surface area contributed by atoms with Crippen molar-refractivity contribution in [3.05, 3.63) is 22.4 Å². The Hall–Kier alpha value is -0.770. The van der Waals surface area contributed by atoms with Crippen LogP contribution in [-0.4, -0.2) is 29.0 Å². The molecule has 1 aliphatic carbocycles. The second-order valence-electron chi connectivity index (χ2n) is 4.41. The molecule has 2 rings (SSSR count). The molecule has 0 aromatic carbocycles. The molecule has 0 aliphatic heterocycles. The smallest absolute Gasteiger partial charge is 0.270 e. The van der Waals surface area contributed by atoms with Gasteiger partial charge in [0.15, 0.2) is 0 Å². The normalized spacial score (nSPS) is 15.2. The Balaban J connectivity index is 2.21. The molecule has 1 amide bonds. The van der Waals surface area contributed by atoms with E-state index in [4.69, 9.17) is 0 Å². The van der Waals surface area contributed by atoms with Crippen molar-refractivity contribution >= 4 is 21.8 Å². The maximum absolute atomic E-state index is 12.2. The number of rotatable bonds is 4. The number of carbonyl (C=O) groups excluding carboxylic acids is 1. The van der Waals surface area contributed by atoms with E-state index in [2.05, 4.69) is 27.4 Å². The van der Waals surface area contributed by atoms with Crippen LogP contribution < -0.4 is 0 Å². The molecule has 1 fully saturated rings. The lowest BCUT2D eigenvalue weighted by atomic mass is 10.3. The first-order valence-electron chi connectivity index (χ1n) is 5.76. The first-order chi connectivity index (χ1) is 7.63. The van der Waals surface area contributed by atoms with Gasteiger partial charge in [0, 0.05) is 30.3 Å². The molecule has 88 valence electrons. The van der Waals surface area contributed by atoms with Gasteiger partial charge in [-0.2, -0.15) is 0 Å². The zero-order valence-electron chi connectivity index (χ0n) is 9.74. The molecule has 0 radical (unpaired) electrons. The third-order valence-electron chi connectivity index (χ3n) is 2.88. The van der Waals surface area contributed by atoms with Crippen molar-refractivity contribution in [2.45, 2.75) is 32.2 Å². The fourth-order valence-electron chi connectivity index (χ4n) is 1.90. The summed E-state index contributed by atoms with van der Waals surface area (Å²) in [7, 11) is 1.87. The van der Waals surface area contributed by atoms with Gasteiger partial charge in [0.05, 0.1) is 0 Å². The van der Waals surface area contributed by atoms with Crippen molar-refractivity contribution in [2.24, 2.45) is 0 Å². The molecule has 0 N–H and O–H groups in total. The quantitative estimate of drug-likeness (QED) is 0.834. The Bertz CT molecular complexity index is 396. The van der Waals surface area contributed by atoms with Crippen LogP contribution in [0.3, 0.4) is 0 Å². The van der Waals surface area contributed by atoms with Gasteiger partial charge in [0.25, 0.3) is 5.91 Å². The molecule has 1 aromatic heterocycles. The van der Waals surface area contributed by atoms with Gasteiger partial charge in [-0.3, -0.25) is 4.79 Å². The number of halogens is 1. The summed E-state index contributed by atoms with van der Waals surface area (Å²) in [6, 6.07) is 2.47. The number of nitrogens with zero attached hydrogens (tertiary/aromatic N) is 2. The summed E-state index contributed by atoms with van der Waals surface area (Å²) in [4.78, 5) is 14.0. The standard InChI is InChI=1S/C12H17BrN2O/c1-3-6-14(2)12(16)11-7-9(13)8-15(11)10-4-5-10/h7-8,10H,3-6H2,1-2H3. The van der Waals surface area contributed by atoms with Crippen LogP contribution in [0, 0.1) is 0 Å². The average molecular weight is 285 g/mol. The highest BCUT2D eigenvalue weighted by Gasteiger charge is 2.28. The maximum Gasteiger partial charge on any atom is 0.270 e. The Morgan fingerprint density at radius 2 is 2.31 bits per heavy atom. The lowest BCUT2D eigenvalue weighted by molar-refractivity contribution is 0.0784. The molecule has 16 heavy (non-hydrogen) atoms. The molecule has 0 unspecified atom stereocenters. The zero-order valence-corrected chi connectivity index (χ0v) is 11.3. The number of hydrogen-bond donors (Lipinski definition) is 0. The summed E-state index contributed by atoms with van der Waals surface area (Å²) in [5.41, 5.74) is 0.810. The summed E-state index contributed by atoms with van der Waals surface area (Å²) < 4.78 is 3.10. The van der Waals surface area contributed by atoms with E-state index in [9.17, 15) is 4.79 Å². The summed E-state index contributed by atoms with van der Waals surface area (Å²) in [5, 5.41) is 0. The van der Waals surface area contributed by atoms with Gasteiger partial charge in [0.1, 0.15) is 5.69 Å². The van der Waals surface area contributed by atoms with Crippen LogP contribution in [-0.2, 0) is 0 Å². The molecule has 0 spiro atoms. The molecule has 1 heterocycles. The summed E-state index contributed by atoms with van der Waals surface area (Å²) in [5.74, 6) is 0.124. The third kappa shape index (κ3) is 2.32. The number of amides is 1. The van der Waals surface area contributed by atoms with E-state index in [1.54, 1.807) is 4.90 Å². The van der Waals surface area contributed by atoms with Gasteiger partial charge in [-0.25, -0.2) is 0 Å². The topological polar surface area (TPSA) is 25.2 Å². The number of carbonyl (C=O) groups is 1. The van der Waals surface area contributed by atoms with Crippen molar-refractivity contribution in [1.82, 2.24) is 9.47 Å². The molecule has 0 saturated heterocycles. The van der Waals surface area contributed by atoms with E-state index in [0.717, 1.165) is 23.1 Å². The van der Waals surface area contributed by atoms with Crippen LogP contribution in [0.1, 0.15) is 42.7 Å². The SMILES string of the molecule is CCCN(C)C(=O)c1cc(Br)cn1C1CC1. The van der Waals surface area contributed by atoms with E-state index in [0.29, 0.717) is 6.04 Å². The van der Waals surface area contributed by atoms with E-state index in [1.807, 2.05) is 19.3 Å². The fourth-order valence-corrected chi connectivity index (χ4v) is 2.34. The predicted molar refractivity (Wildman–Crippen MR) is 67.7 cm³/mol. The molecule has 1 aromatic rings. The summed E-state index contributed by atoms with van der Waals surface area (Å²) in [6.07, 6.45) is 5.40. The molecule has 0 bridgehead atoms. The van der Waals surface area contributed by atoms with Gasteiger partial charge in [-0.05, 0) is 41.3 Å². The van der Waals surface area contributed by atoms with Crippen molar-refractivity contribution < 1.29 is 4.79 Å². The zero-order chi connectivity index (χ0) is 11.7. The van der Waals surface area contributed by atoms with E-state index >= 15 is 0 Å². The lowest BCUT2D eigenvalue weighted by Gasteiger charge is -2.17. The molecular weight excluding hydrogens is 268 g/mol. The number of hydrogen-bond acceptors (Lipinski definition) is 1. The van der Waals surface area contributed by atoms with Gasteiger partial charge in [-0.15, -0.1) is 0 Å². The largest absolute Gasteiger partial charge is 0.340 e. The van der Waals surface area contributed by atoms with Gasteiger partial charge < -0.3 is 9.47 Å². The second kappa shape index (κ2) is 4.62. The minimum absolute atomic E-state index is 0.124. The van der Waals surface area contributed by atoms with Crippen molar-refractivity contribution in [3.8, 4) is 0 Å². The Labute approximate surface area is 105 Å². The van der Waals surface area contributed by atoms with Crippen LogP contribution in [0.25, 0.3) is 0 Å². The first kappa shape index (κ1) is 11.7. The maximum atomic E-state index is 12.2. The molecule has 1 saturated carbocycles. The highest BCUT2D eigenvalue weighted by molar-refractivity contribution is 9.10. The Morgan fingerprint density at radius 1 is 1.62 bits per heavy atom. The second-order valence-corrected chi connectivity index (χ2v) is 5.32. The van der Waals surface area contributed by atoms with Gasteiger partial charge in [-0.1, -0.05) is 6.92 Å². The molecule has 0 atom stereocenters. The van der Waals surface area contributed by atoms with Crippen LogP contribution in [0.15, 0.2) is 16.7 Å². The Morgan fingerprint density at radius 3 is 2.88 bits per heavy atom. The van der Waals surface area contributed by atoms with Crippen LogP contribution in [0.2, 0.25) is 0 Å². The fraction of sp³-hybridized carbons (Fsp3) is 0.583. The molecular formula is C12H17BrN2O. The minimum atomic E-state index is 0.124. The Kier molecular flexibility index (Phi) is 3.38. The van der Waals surface area contributed by atoms with Crippen molar-refractivity contribution in [2.75, 3.05) is 13.6 Å². The lowest BCUT2D eigenvalue weighted by Crippen LogP contribution is -2.29. The van der Waals surface area contributed by atoms with Crippen LogP contribution in [0.4, 0.5) is 0 Å². The van der Waals surface area contributed by atoms with Gasteiger partial charge in [0.2, 0.25) is 0 Å². The molecule has 3 nitrogen and oxygen atoms in total. The molecule has 4 heteroatoms. The predicted octanol–water partition coefficient (Wildman–Crippen LogP) is 3.07.